The smallest absolute Gasteiger partial charge is 0.259 e. The van der Waals surface area contributed by atoms with Crippen molar-refractivity contribution in [2.45, 2.75) is 26.5 Å². The number of nitrogens with zero attached hydrogens (tertiary/aromatic N) is 1. The van der Waals surface area contributed by atoms with Gasteiger partial charge in [0.2, 0.25) is 5.91 Å². The number of nitrogens with one attached hydrogen (secondary N) is 2. The molecule has 0 aliphatic heterocycles. The first-order chi connectivity index (χ1) is 9.40. The highest BCUT2D eigenvalue weighted by molar-refractivity contribution is 7.18. The van der Waals surface area contributed by atoms with Gasteiger partial charge < -0.3 is 21.1 Å². The topological polar surface area (TPSA) is 121 Å². The van der Waals surface area contributed by atoms with E-state index in [0.29, 0.717) is 16.0 Å². The van der Waals surface area contributed by atoms with E-state index in [1.54, 1.807) is 0 Å². The first-order valence-corrected chi connectivity index (χ1v) is 6.88. The Hall–Kier alpha value is -1.77. The summed E-state index contributed by atoms with van der Waals surface area (Å²) in [6.45, 7) is 4.10. The highest BCUT2D eigenvalue weighted by atomic mass is 32.1. The Balaban J connectivity index is 2.16. The summed E-state index contributed by atoms with van der Waals surface area (Å²) < 4.78 is 0. The van der Waals surface area contributed by atoms with Crippen LogP contribution >= 0.6 is 11.3 Å². The zero-order valence-corrected chi connectivity index (χ0v) is 12.0. The summed E-state index contributed by atoms with van der Waals surface area (Å²) in [6, 6.07) is 0. The first-order valence-electron chi connectivity index (χ1n) is 6.07. The minimum atomic E-state index is -1.25. The lowest BCUT2D eigenvalue weighted by atomic mass is 10.2. The molecule has 20 heavy (non-hydrogen) atoms. The fourth-order valence-corrected chi connectivity index (χ4v) is 2.86. The number of hydrogen-bond acceptors (Lipinski definition) is 6. The van der Waals surface area contributed by atoms with E-state index >= 15 is 0 Å². The predicted octanol–water partition coefficient (Wildman–Crippen LogP) is -0.463. The number of carbonyl (C=O) groups excluding carboxylic acids is 1. The molecular weight excluding hydrogens is 280 g/mol. The summed E-state index contributed by atoms with van der Waals surface area (Å²) in [5.41, 5.74) is 5.70. The van der Waals surface area contributed by atoms with E-state index in [4.69, 9.17) is 5.73 Å². The molecule has 0 spiro atoms. The van der Waals surface area contributed by atoms with Crippen molar-refractivity contribution in [3.63, 3.8) is 0 Å². The summed E-state index contributed by atoms with van der Waals surface area (Å²) >= 11 is 1.47. The first kappa shape index (κ1) is 14.6. The molecule has 1 amide bonds. The molecule has 2 aromatic rings. The predicted molar refractivity (Wildman–Crippen MR) is 76.6 cm³/mol. The number of hydrogen-bond donors (Lipinski definition) is 4. The second kappa shape index (κ2) is 5.70. The van der Waals surface area contributed by atoms with Crippen molar-refractivity contribution < 1.29 is 9.90 Å². The fourth-order valence-electron chi connectivity index (χ4n) is 1.81. The molecule has 108 valence electrons. The number of fused-ring (bicyclic) bond motifs is 1. The monoisotopic (exact) mass is 296 g/mol. The summed E-state index contributed by atoms with van der Waals surface area (Å²) in [7, 11) is 0. The maximum Gasteiger partial charge on any atom is 0.259 e. The van der Waals surface area contributed by atoms with Crippen LogP contribution in [0.4, 0.5) is 0 Å². The Morgan fingerprint density at radius 1 is 1.55 bits per heavy atom. The van der Waals surface area contributed by atoms with Gasteiger partial charge in [-0.3, -0.25) is 9.59 Å². The van der Waals surface area contributed by atoms with Crippen LogP contribution in [-0.2, 0) is 11.3 Å². The number of primary amides is 1. The third-order valence-corrected chi connectivity index (χ3v) is 4.15. The molecule has 0 aliphatic rings. The Bertz CT molecular complexity index is 707. The molecule has 0 saturated carbocycles. The molecule has 0 radical (unpaired) electrons. The van der Waals surface area contributed by atoms with Gasteiger partial charge in [-0.05, 0) is 19.4 Å². The summed E-state index contributed by atoms with van der Waals surface area (Å²) in [4.78, 5) is 31.5. The SMILES string of the molecule is Cc1sc2nc(CNCC(O)C(N)=O)[nH]c(=O)c2c1C. The van der Waals surface area contributed by atoms with E-state index in [0.717, 1.165) is 10.4 Å². The number of carbonyl (C=O) groups is 1. The summed E-state index contributed by atoms with van der Waals surface area (Å²) in [5.74, 6) is -0.334. The minimum Gasteiger partial charge on any atom is -0.382 e. The molecular formula is C12H16N4O3S. The maximum absolute atomic E-state index is 12.0. The minimum absolute atomic E-state index is 0.0135. The van der Waals surface area contributed by atoms with Crippen LogP contribution in [0.3, 0.4) is 0 Å². The number of aromatic nitrogens is 2. The van der Waals surface area contributed by atoms with E-state index in [2.05, 4.69) is 15.3 Å². The van der Waals surface area contributed by atoms with E-state index in [1.165, 1.54) is 11.3 Å². The molecule has 0 saturated heterocycles. The number of thiophene rings is 1. The molecule has 8 heteroatoms. The Morgan fingerprint density at radius 2 is 2.25 bits per heavy atom. The fraction of sp³-hybridized carbons (Fsp3) is 0.417. The highest BCUT2D eigenvalue weighted by Crippen LogP contribution is 2.25. The van der Waals surface area contributed by atoms with Crippen LogP contribution in [0, 0.1) is 13.8 Å². The lowest BCUT2D eigenvalue weighted by Crippen LogP contribution is -2.37. The van der Waals surface area contributed by atoms with Gasteiger partial charge in [-0.15, -0.1) is 11.3 Å². The molecule has 0 bridgehead atoms. The number of rotatable bonds is 5. The molecule has 1 atom stereocenters. The summed E-state index contributed by atoms with van der Waals surface area (Å²) in [6.07, 6.45) is -1.25. The third-order valence-electron chi connectivity index (χ3n) is 3.05. The lowest BCUT2D eigenvalue weighted by Gasteiger charge is -2.07. The standard InChI is InChI=1S/C12H16N4O3S/c1-5-6(2)20-12-9(5)11(19)15-8(16-12)4-14-3-7(17)10(13)18/h7,14,17H,3-4H2,1-2H3,(H2,13,18)(H,15,16,19). The number of aryl methyl sites for hydroxylation is 2. The number of nitrogens with two attached hydrogens (primary N) is 1. The van der Waals surface area contributed by atoms with Crippen LogP contribution in [-0.4, -0.2) is 33.6 Å². The summed E-state index contributed by atoms with van der Waals surface area (Å²) in [5, 5.41) is 12.7. The number of aliphatic hydroxyl groups excluding tert-OH is 1. The Labute approximate surface area is 118 Å². The number of amides is 1. The molecule has 7 nitrogen and oxygen atoms in total. The number of aromatic amines is 1. The average Bonchev–Trinajstić information content (AvgIpc) is 2.65. The van der Waals surface area contributed by atoms with Crippen molar-refractivity contribution in [2.75, 3.05) is 6.54 Å². The van der Waals surface area contributed by atoms with Gasteiger partial charge in [0.1, 0.15) is 16.8 Å². The average molecular weight is 296 g/mol. The quantitative estimate of drug-likeness (QED) is 0.595. The van der Waals surface area contributed by atoms with E-state index in [1.807, 2.05) is 13.8 Å². The van der Waals surface area contributed by atoms with Crippen molar-refractivity contribution in [1.29, 1.82) is 0 Å². The van der Waals surface area contributed by atoms with Crippen molar-refractivity contribution in [3.8, 4) is 0 Å². The van der Waals surface area contributed by atoms with E-state index in [-0.39, 0.29) is 18.6 Å². The van der Waals surface area contributed by atoms with Gasteiger partial charge in [0, 0.05) is 11.4 Å². The van der Waals surface area contributed by atoms with Gasteiger partial charge in [-0.2, -0.15) is 0 Å². The highest BCUT2D eigenvalue weighted by Gasteiger charge is 2.13. The zero-order chi connectivity index (χ0) is 14.9. The number of H-pyrrole nitrogens is 1. The van der Waals surface area contributed by atoms with Crippen LogP contribution in [0.15, 0.2) is 4.79 Å². The molecule has 1 unspecified atom stereocenters. The van der Waals surface area contributed by atoms with Gasteiger partial charge in [0.05, 0.1) is 11.9 Å². The van der Waals surface area contributed by atoms with Crippen LogP contribution < -0.4 is 16.6 Å². The molecule has 2 rings (SSSR count). The van der Waals surface area contributed by atoms with Crippen molar-refractivity contribution in [3.05, 3.63) is 26.6 Å². The molecule has 0 aromatic carbocycles. The normalized spacial score (nSPS) is 12.8. The van der Waals surface area contributed by atoms with Gasteiger partial charge in [-0.1, -0.05) is 0 Å². The Kier molecular flexibility index (Phi) is 4.17. The van der Waals surface area contributed by atoms with Gasteiger partial charge in [-0.25, -0.2) is 4.98 Å². The van der Waals surface area contributed by atoms with Gasteiger partial charge >= 0.3 is 0 Å². The van der Waals surface area contributed by atoms with Gasteiger partial charge in [0.15, 0.2) is 0 Å². The van der Waals surface area contributed by atoms with E-state index < -0.39 is 12.0 Å². The second-order valence-electron chi connectivity index (χ2n) is 4.53. The second-order valence-corrected chi connectivity index (χ2v) is 5.73. The van der Waals surface area contributed by atoms with Crippen molar-refractivity contribution >= 4 is 27.5 Å². The molecule has 2 aromatic heterocycles. The third kappa shape index (κ3) is 2.87. The van der Waals surface area contributed by atoms with Crippen LogP contribution in [0.2, 0.25) is 0 Å². The van der Waals surface area contributed by atoms with Gasteiger partial charge in [0.25, 0.3) is 5.56 Å². The van der Waals surface area contributed by atoms with Crippen molar-refractivity contribution in [1.82, 2.24) is 15.3 Å². The molecule has 0 aliphatic carbocycles. The van der Waals surface area contributed by atoms with Crippen molar-refractivity contribution in [2.24, 2.45) is 5.73 Å². The Morgan fingerprint density at radius 3 is 2.90 bits per heavy atom. The largest absolute Gasteiger partial charge is 0.382 e. The van der Waals surface area contributed by atoms with E-state index in [9.17, 15) is 14.7 Å². The lowest BCUT2D eigenvalue weighted by molar-refractivity contribution is -0.125. The molecule has 5 N–H and O–H groups in total. The maximum atomic E-state index is 12.0. The molecule has 0 fully saturated rings. The number of aliphatic hydroxyl groups is 1. The van der Waals surface area contributed by atoms with Crippen LogP contribution in [0.5, 0.6) is 0 Å². The zero-order valence-electron chi connectivity index (χ0n) is 11.2. The van der Waals surface area contributed by atoms with Crippen LogP contribution in [0.25, 0.3) is 10.2 Å². The van der Waals surface area contributed by atoms with Crippen LogP contribution in [0.1, 0.15) is 16.3 Å². The molecule has 2 heterocycles.